The normalized spacial score (nSPS) is 16.7. The minimum absolute atomic E-state index is 0.0688. The average Bonchev–Trinajstić information content (AvgIpc) is 3.77. The SMILES string of the molecule is [2H]C([2H])([2H])NC(=O)c1nnc(NC(=O)C2CC2)cc1Nc1cccc(-c2ncn(CC3CC3)n2)c1OC. The van der Waals surface area contributed by atoms with Crippen molar-refractivity contribution < 1.29 is 18.4 Å². The van der Waals surface area contributed by atoms with Gasteiger partial charge in [0.15, 0.2) is 23.1 Å². The van der Waals surface area contributed by atoms with Crippen molar-refractivity contribution in [3.05, 3.63) is 36.3 Å². The number of hydrogen-bond donors (Lipinski definition) is 3. The number of anilines is 3. The van der Waals surface area contributed by atoms with Gasteiger partial charge in [-0.05, 0) is 43.7 Å². The molecule has 2 amide bonds. The van der Waals surface area contributed by atoms with Crippen molar-refractivity contribution in [2.75, 3.05) is 24.7 Å². The maximum absolute atomic E-state index is 12.7. The summed E-state index contributed by atoms with van der Waals surface area (Å²) in [6.45, 7) is -1.91. The Morgan fingerprint density at radius 1 is 1.21 bits per heavy atom. The van der Waals surface area contributed by atoms with Crippen LogP contribution < -0.4 is 20.7 Å². The fraction of sp³-hybridized carbons (Fsp3) is 0.391. The first-order chi connectivity index (χ1) is 17.7. The predicted octanol–water partition coefficient (Wildman–Crippen LogP) is 2.61. The molecule has 1 aromatic carbocycles. The van der Waals surface area contributed by atoms with Crippen molar-refractivity contribution in [2.24, 2.45) is 11.8 Å². The smallest absolute Gasteiger partial charge is 0.273 e. The van der Waals surface area contributed by atoms with Crippen LogP contribution in [0.2, 0.25) is 0 Å². The molecule has 2 aliphatic carbocycles. The van der Waals surface area contributed by atoms with Gasteiger partial charge in [-0.25, -0.2) is 4.98 Å². The van der Waals surface area contributed by atoms with E-state index >= 15 is 0 Å². The quantitative estimate of drug-likeness (QED) is 0.439. The summed E-state index contributed by atoms with van der Waals surface area (Å²) in [7, 11) is 1.50. The van der Waals surface area contributed by atoms with Gasteiger partial charge in [0.25, 0.3) is 5.91 Å². The lowest BCUT2D eigenvalue weighted by molar-refractivity contribution is -0.117. The second-order valence-corrected chi connectivity index (χ2v) is 8.45. The second kappa shape index (κ2) is 9.08. The van der Waals surface area contributed by atoms with Gasteiger partial charge in [0.05, 0.1) is 24.0 Å². The molecule has 3 N–H and O–H groups in total. The van der Waals surface area contributed by atoms with Gasteiger partial charge in [-0.1, -0.05) is 6.07 Å². The first-order valence-corrected chi connectivity index (χ1v) is 11.0. The van der Waals surface area contributed by atoms with Crippen LogP contribution >= 0.6 is 0 Å². The highest BCUT2D eigenvalue weighted by Crippen LogP contribution is 2.38. The summed E-state index contributed by atoms with van der Waals surface area (Å²) in [5.74, 6) is 0.443. The van der Waals surface area contributed by atoms with Crippen LogP contribution in [0.5, 0.6) is 5.75 Å². The first kappa shape index (κ1) is 18.4. The highest BCUT2D eigenvalue weighted by molar-refractivity contribution is 6.00. The third-order valence-electron chi connectivity index (χ3n) is 5.73. The van der Waals surface area contributed by atoms with Crippen LogP contribution in [-0.2, 0) is 11.3 Å². The zero-order valence-electron chi connectivity index (χ0n) is 21.5. The topological polar surface area (TPSA) is 136 Å². The van der Waals surface area contributed by atoms with Crippen molar-refractivity contribution in [1.82, 2.24) is 30.3 Å². The van der Waals surface area contributed by atoms with Gasteiger partial charge in [0.1, 0.15) is 6.33 Å². The van der Waals surface area contributed by atoms with E-state index in [1.807, 2.05) is 16.1 Å². The summed E-state index contributed by atoms with van der Waals surface area (Å²) in [5, 5.41) is 20.1. The Morgan fingerprint density at radius 3 is 2.79 bits per heavy atom. The van der Waals surface area contributed by atoms with E-state index in [4.69, 9.17) is 8.85 Å². The Kier molecular flexibility index (Phi) is 4.92. The van der Waals surface area contributed by atoms with Gasteiger partial charge < -0.3 is 20.7 Å². The largest absolute Gasteiger partial charge is 0.494 e. The molecule has 11 heteroatoms. The number of carbonyl (C=O) groups excluding carboxylic acids is 2. The molecule has 2 fully saturated rings. The number of nitrogens with one attached hydrogen (secondary N) is 3. The van der Waals surface area contributed by atoms with Crippen LogP contribution in [0.4, 0.5) is 17.2 Å². The molecule has 0 unspecified atom stereocenters. The molecule has 2 aromatic heterocycles. The van der Waals surface area contributed by atoms with E-state index in [2.05, 4.69) is 30.9 Å². The molecule has 34 heavy (non-hydrogen) atoms. The van der Waals surface area contributed by atoms with E-state index in [1.165, 1.54) is 26.0 Å². The van der Waals surface area contributed by atoms with Crippen LogP contribution in [-0.4, -0.2) is 50.9 Å². The zero-order valence-corrected chi connectivity index (χ0v) is 18.5. The summed E-state index contributed by atoms with van der Waals surface area (Å²) in [4.78, 5) is 29.4. The summed E-state index contributed by atoms with van der Waals surface area (Å²) < 4.78 is 29.6. The van der Waals surface area contributed by atoms with Crippen molar-refractivity contribution in [3.63, 3.8) is 0 Å². The molecule has 0 atom stereocenters. The van der Waals surface area contributed by atoms with E-state index in [9.17, 15) is 9.59 Å². The average molecular weight is 466 g/mol. The molecule has 5 rings (SSSR count). The fourth-order valence-electron chi connectivity index (χ4n) is 3.60. The monoisotopic (exact) mass is 465 g/mol. The molecular formula is C23H26N8O3. The van der Waals surface area contributed by atoms with Crippen molar-refractivity contribution in [1.29, 1.82) is 0 Å². The molecule has 0 saturated heterocycles. The molecule has 2 aliphatic rings. The van der Waals surface area contributed by atoms with E-state index in [0.717, 1.165) is 19.4 Å². The molecule has 0 radical (unpaired) electrons. The molecule has 3 aromatic rings. The van der Waals surface area contributed by atoms with Crippen LogP contribution in [0.3, 0.4) is 0 Å². The zero-order chi connectivity index (χ0) is 26.2. The van der Waals surface area contributed by atoms with Crippen molar-refractivity contribution in [2.45, 2.75) is 32.2 Å². The van der Waals surface area contributed by atoms with Crippen LogP contribution in [0.15, 0.2) is 30.6 Å². The molecular weight excluding hydrogens is 436 g/mol. The minimum Gasteiger partial charge on any atom is -0.494 e. The van der Waals surface area contributed by atoms with E-state index in [-0.39, 0.29) is 29.0 Å². The third-order valence-corrected chi connectivity index (χ3v) is 5.73. The summed E-state index contributed by atoms with van der Waals surface area (Å²) in [6, 6.07) is 6.73. The number of aromatic nitrogens is 5. The van der Waals surface area contributed by atoms with Crippen LogP contribution in [0.1, 0.15) is 40.3 Å². The molecule has 11 nitrogen and oxygen atoms in total. The van der Waals surface area contributed by atoms with Gasteiger partial charge >= 0.3 is 0 Å². The number of carbonyl (C=O) groups is 2. The highest BCUT2D eigenvalue weighted by atomic mass is 16.5. The molecule has 2 heterocycles. The van der Waals surface area contributed by atoms with Crippen LogP contribution in [0.25, 0.3) is 11.4 Å². The number of ether oxygens (including phenoxy) is 1. The highest BCUT2D eigenvalue weighted by Gasteiger charge is 2.30. The molecule has 2 saturated carbocycles. The number of amides is 2. The fourth-order valence-corrected chi connectivity index (χ4v) is 3.60. The lowest BCUT2D eigenvalue weighted by atomic mass is 10.1. The number of methoxy groups -OCH3 is 1. The van der Waals surface area contributed by atoms with Gasteiger partial charge in [-0.3, -0.25) is 14.3 Å². The van der Waals surface area contributed by atoms with E-state index in [1.54, 1.807) is 18.5 Å². The van der Waals surface area contributed by atoms with Gasteiger partial charge in [-0.15, -0.1) is 10.2 Å². The van der Waals surface area contributed by atoms with Gasteiger partial charge in [0.2, 0.25) is 5.91 Å². The number of para-hydroxylation sites is 1. The van der Waals surface area contributed by atoms with Gasteiger partial charge in [0, 0.05) is 29.6 Å². The summed E-state index contributed by atoms with van der Waals surface area (Å²) >= 11 is 0. The second-order valence-electron chi connectivity index (χ2n) is 8.45. The first-order valence-electron chi connectivity index (χ1n) is 12.5. The lowest BCUT2D eigenvalue weighted by Gasteiger charge is -2.16. The number of benzene rings is 1. The Labute approximate surface area is 200 Å². The Morgan fingerprint density at radius 2 is 2.06 bits per heavy atom. The molecule has 0 aliphatic heterocycles. The van der Waals surface area contributed by atoms with E-state index in [0.29, 0.717) is 28.7 Å². The van der Waals surface area contributed by atoms with Gasteiger partial charge in [-0.2, -0.15) is 5.10 Å². The lowest BCUT2D eigenvalue weighted by Crippen LogP contribution is -2.22. The maximum atomic E-state index is 12.7. The molecule has 0 spiro atoms. The van der Waals surface area contributed by atoms with Crippen LogP contribution in [0, 0.1) is 11.8 Å². The Balaban J connectivity index is 1.47. The minimum atomic E-state index is -2.72. The summed E-state index contributed by atoms with van der Waals surface area (Å²) in [6.07, 6.45) is 5.68. The van der Waals surface area contributed by atoms with Crippen molar-refractivity contribution >= 4 is 29.0 Å². The van der Waals surface area contributed by atoms with Crippen molar-refractivity contribution in [3.8, 4) is 17.1 Å². The third kappa shape index (κ3) is 4.68. The standard InChI is InChI=1S/C23H26N8O3/c1-24-23(33)19-17(10-18(28-29-19)27-22(32)14-8-9-14)26-16-5-3-4-15(20(16)34-2)21-25-12-31(30-21)11-13-6-7-13/h3-5,10,12-14H,6-9,11H2,1-2H3,(H,24,33)(H2,26,27,28,32)/i1D3. The van der Waals surface area contributed by atoms with E-state index < -0.39 is 12.9 Å². The molecule has 0 bridgehead atoms. The molecule has 176 valence electrons. The maximum Gasteiger partial charge on any atom is 0.273 e. The Hall–Kier alpha value is -4.02. The Bertz CT molecular complexity index is 1340. The predicted molar refractivity (Wildman–Crippen MR) is 125 cm³/mol. The number of rotatable bonds is 9. The summed E-state index contributed by atoms with van der Waals surface area (Å²) in [5.41, 5.74) is 0.944. The number of hydrogen-bond acceptors (Lipinski definition) is 8. The number of nitrogens with zero attached hydrogens (tertiary/aromatic N) is 5.